The number of alkyl halides is 3. The second-order valence-electron chi connectivity index (χ2n) is 4.09. The maximum atomic E-state index is 12.7. The van der Waals surface area contributed by atoms with Crippen LogP contribution in [0.3, 0.4) is 0 Å². The van der Waals surface area contributed by atoms with Gasteiger partial charge in [0.1, 0.15) is 5.78 Å². The smallest absolute Gasteiger partial charge is 0.417 e. The largest absolute Gasteiger partial charge is 0.475 e. The van der Waals surface area contributed by atoms with Crippen LogP contribution >= 0.6 is 0 Å². The lowest BCUT2D eigenvalue weighted by Crippen LogP contribution is -2.20. The van der Waals surface area contributed by atoms with Gasteiger partial charge in [-0.2, -0.15) is 13.2 Å². The van der Waals surface area contributed by atoms with E-state index >= 15 is 0 Å². The Labute approximate surface area is 116 Å². The molecule has 0 fully saturated rings. The van der Waals surface area contributed by atoms with E-state index in [1.54, 1.807) is 0 Å². The number of carbonyl (C=O) groups excluding carboxylic acids is 3. The number of carbonyl (C=O) groups is 4. The fraction of sp³-hybridized carbons (Fsp3) is 0.231. The summed E-state index contributed by atoms with van der Waals surface area (Å²) in [5.74, 6) is -5.43. The highest BCUT2D eigenvalue weighted by Crippen LogP contribution is 2.32. The van der Waals surface area contributed by atoms with Crippen molar-refractivity contribution in [3.63, 3.8) is 0 Å². The Morgan fingerprint density at radius 1 is 1.00 bits per heavy atom. The molecule has 0 bridgehead atoms. The van der Waals surface area contributed by atoms with Crippen molar-refractivity contribution in [3.8, 4) is 0 Å². The first-order valence-corrected chi connectivity index (χ1v) is 5.60. The molecule has 1 aromatic carbocycles. The maximum absolute atomic E-state index is 12.7. The standard InChI is InChI=1S/C13H9F3O5/c14-13(15,16)9-4-2-1-3-8(9)10(18)5-7(17)6-11(19)12(20)21/h1-4H,5-6H2,(H,20,21). The Balaban J connectivity index is 2.89. The molecule has 0 radical (unpaired) electrons. The van der Waals surface area contributed by atoms with Gasteiger partial charge in [-0.15, -0.1) is 0 Å². The maximum Gasteiger partial charge on any atom is 0.417 e. The second-order valence-corrected chi connectivity index (χ2v) is 4.09. The molecule has 0 heterocycles. The lowest BCUT2D eigenvalue weighted by Gasteiger charge is -2.11. The summed E-state index contributed by atoms with van der Waals surface area (Å²) in [6.07, 6.45) is -6.76. The molecular formula is C13H9F3O5. The molecule has 0 aliphatic heterocycles. The summed E-state index contributed by atoms with van der Waals surface area (Å²) in [6, 6.07) is 3.91. The summed E-state index contributed by atoms with van der Waals surface area (Å²) >= 11 is 0. The molecule has 0 aromatic heterocycles. The third-order valence-corrected chi connectivity index (χ3v) is 2.49. The van der Waals surface area contributed by atoms with Crippen molar-refractivity contribution in [1.29, 1.82) is 0 Å². The summed E-state index contributed by atoms with van der Waals surface area (Å²) in [4.78, 5) is 44.0. The van der Waals surface area contributed by atoms with Gasteiger partial charge in [-0.1, -0.05) is 18.2 Å². The van der Waals surface area contributed by atoms with Crippen molar-refractivity contribution < 1.29 is 37.5 Å². The van der Waals surface area contributed by atoms with Gasteiger partial charge >= 0.3 is 12.1 Å². The Hall–Kier alpha value is -2.51. The lowest BCUT2D eigenvalue weighted by atomic mass is 9.98. The van der Waals surface area contributed by atoms with E-state index in [4.69, 9.17) is 5.11 Å². The predicted molar refractivity (Wildman–Crippen MR) is 62.7 cm³/mol. The summed E-state index contributed by atoms with van der Waals surface area (Å²) in [5.41, 5.74) is -1.88. The minimum atomic E-state index is -4.76. The van der Waals surface area contributed by atoms with Crippen LogP contribution in [0.4, 0.5) is 13.2 Å². The number of hydrogen-bond donors (Lipinski definition) is 1. The minimum Gasteiger partial charge on any atom is -0.475 e. The zero-order valence-corrected chi connectivity index (χ0v) is 10.4. The number of Topliss-reactive ketones (excluding diaryl/α,β-unsaturated/α-hetero) is 3. The van der Waals surface area contributed by atoms with E-state index in [-0.39, 0.29) is 0 Å². The van der Waals surface area contributed by atoms with Crippen LogP contribution in [-0.2, 0) is 20.6 Å². The number of ketones is 3. The van der Waals surface area contributed by atoms with Crippen LogP contribution in [0.15, 0.2) is 24.3 Å². The highest BCUT2D eigenvalue weighted by atomic mass is 19.4. The van der Waals surface area contributed by atoms with Gasteiger partial charge in [0, 0.05) is 5.56 Å². The van der Waals surface area contributed by atoms with Gasteiger partial charge in [0.25, 0.3) is 0 Å². The van der Waals surface area contributed by atoms with Crippen molar-refractivity contribution in [1.82, 2.24) is 0 Å². The topological polar surface area (TPSA) is 88.5 Å². The molecule has 0 atom stereocenters. The van der Waals surface area contributed by atoms with Crippen LogP contribution in [-0.4, -0.2) is 28.4 Å². The molecule has 112 valence electrons. The molecule has 1 N–H and O–H groups in total. The number of hydrogen-bond acceptors (Lipinski definition) is 4. The van der Waals surface area contributed by atoms with E-state index in [1.807, 2.05) is 0 Å². The highest BCUT2D eigenvalue weighted by molar-refractivity contribution is 6.37. The normalized spacial score (nSPS) is 11.0. The van der Waals surface area contributed by atoms with Gasteiger partial charge in [-0.05, 0) is 6.07 Å². The number of halogens is 3. The van der Waals surface area contributed by atoms with Gasteiger partial charge in [0.2, 0.25) is 5.78 Å². The van der Waals surface area contributed by atoms with Gasteiger partial charge in [-0.3, -0.25) is 14.4 Å². The monoisotopic (exact) mass is 302 g/mol. The van der Waals surface area contributed by atoms with Gasteiger partial charge < -0.3 is 5.11 Å². The average molecular weight is 302 g/mol. The van der Waals surface area contributed by atoms with E-state index in [0.717, 1.165) is 12.1 Å². The fourth-order valence-electron chi connectivity index (χ4n) is 1.56. The van der Waals surface area contributed by atoms with Gasteiger partial charge in [0.15, 0.2) is 5.78 Å². The fourth-order valence-corrected chi connectivity index (χ4v) is 1.56. The Morgan fingerprint density at radius 3 is 2.10 bits per heavy atom. The molecule has 8 heteroatoms. The minimum absolute atomic E-state index is 0.693. The van der Waals surface area contributed by atoms with Crippen molar-refractivity contribution >= 4 is 23.3 Å². The molecule has 0 unspecified atom stereocenters. The van der Waals surface area contributed by atoms with Crippen molar-refractivity contribution in [2.45, 2.75) is 19.0 Å². The number of carboxylic acids is 1. The Morgan fingerprint density at radius 2 is 1.57 bits per heavy atom. The Bertz CT molecular complexity index is 604. The van der Waals surface area contributed by atoms with E-state index in [0.29, 0.717) is 6.07 Å². The molecule has 0 saturated heterocycles. The quantitative estimate of drug-likeness (QED) is 0.492. The SMILES string of the molecule is O=C(CC(=O)C(=O)O)CC(=O)c1ccccc1C(F)(F)F. The zero-order valence-electron chi connectivity index (χ0n) is 10.4. The van der Waals surface area contributed by atoms with Gasteiger partial charge in [0.05, 0.1) is 18.4 Å². The third kappa shape index (κ3) is 4.51. The summed E-state index contributed by atoms with van der Waals surface area (Å²) in [6.45, 7) is 0. The molecule has 5 nitrogen and oxygen atoms in total. The predicted octanol–water partition coefficient (Wildman–Crippen LogP) is 1.89. The lowest BCUT2D eigenvalue weighted by molar-refractivity contribution is -0.150. The van der Waals surface area contributed by atoms with Crippen LogP contribution in [0, 0.1) is 0 Å². The molecule has 21 heavy (non-hydrogen) atoms. The molecule has 0 aliphatic rings. The van der Waals surface area contributed by atoms with E-state index < -0.39 is 53.5 Å². The first-order valence-electron chi connectivity index (χ1n) is 5.60. The number of aliphatic carboxylic acids is 1. The molecule has 0 aliphatic carbocycles. The van der Waals surface area contributed by atoms with Crippen molar-refractivity contribution in [2.75, 3.05) is 0 Å². The number of rotatable bonds is 6. The summed E-state index contributed by atoms with van der Waals surface area (Å²) in [7, 11) is 0. The zero-order chi connectivity index (χ0) is 16.2. The molecular weight excluding hydrogens is 293 g/mol. The number of carboxylic acid groups (broad SMARTS) is 1. The third-order valence-electron chi connectivity index (χ3n) is 2.49. The van der Waals surface area contributed by atoms with Crippen LogP contribution in [0.1, 0.15) is 28.8 Å². The second kappa shape index (κ2) is 6.29. The van der Waals surface area contributed by atoms with Crippen molar-refractivity contribution in [3.05, 3.63) is 35.4 Å². The summed E-state index contributed by atoms with van der Waals surface area (Å²) < 4.78 is 38.1. The molecule has 0 spiro atoms. The molecule has 0 saturated carbocycles. The van der Waals surface area contributed by atoms with E-state index in [9.17, 15) is 32.3 Å². The highest BCUT2D eigenvalue weighted by Gasteiger charge is 2.35. The van der Waals surface area contributed by atoms with Crippen LogP contribution in [0.5, 0.6) is 0 Å². The van der Waals surface area contributed by atoms with Crippen LogP contribution < -0.4 is 0 Å². The molecule has 1 aromatic rings. The first kappa shape index (κ1) is 16.5. The van der Waals surface area contributed by atoms with Crippen molar-refractivity contribution in [2.24, 2.45) is 0 Å². The average Bonchev–Trinajstić information content (AvgIpc) is 2.37. The molecule has 1 rings (SSSR count). The van der Waals surface area contributed by atoms with E-state index in [1.165, 1.54) is 6.07 Å². The first-order chi connectivity index (χ1) is 9.62. The van der Waals surface area contributed by atoms with Crippen LogP contribution in [0.25, 0.3) is 0 Å². The number of benzene rings is 1. The van der Waals surface area contributed by atoms with Crippen LogP contribution in [0.2, 0.25) is 0 Å². The van der Waals surface area contributed by atoms with E-state index in [2.05, 4.69) is 0 Å². The summed E-state index contributed by atoms with van der Waals surface area (Å²) in [5, 5.41) is 8.30. The van der Waals surface area contributed by atoms with Gasteiger partial charge in [-0.25, -0.2) is 4.79 Å². The Kier molecular flexibility index (Phi) is 4.96. The molecule has 0 amide bonds.